The molecule has 0 fully saturated rings. The summed E-state index contributed by atoms with van der Waals surface area (Å²) in [6.45, 7) is 6.51. The van der Waals surface area contributed by atoms with Crippen LogP contribution in [-0.4, -0.2) is 26.0 Å². The summed E-state index contributed by atoms with van der Waals surface area (Å²) in [7, 11) is 0. The summed E-state index contributed by atoms with van der Waals surface area (Å²) < 4.78 is 10.3. The van der Waals surface area contributed by atoms with E-state index in [9.17, 15) is 9.59 Å². The van der Waals surface area contributed by atoms with Gasteiger partial charge < -0.3 is 10.1 Å². The SMILES string of the molecule is CCn1ccc(/C=c2/sc3n(c2=O)[C@H]2c4ccccc4O[C@@](C)(N=3)[C@H]2C(=O)Nc2ccccc2C)n1. The molecule has 2 aliphatic heterocycles. The molecule has 9 heteroatoms. The molecule has 4 heterocycles. The molecule has 0 unspecified atom stereocenters. The molecule has 2 aromatic heterocycles. The summed E-state index contributed by atoms with van der Waals surface area (Å²) in [4.78, 5) is 33.0. The van der Waals surface area contributed by atoms with Crippen molar-refractivity contribution in [1.29, 1.82) is 0 Å². The van der Waals surface area contributed by atoms with Crippen LogP contribution in [0.15, 0.2) is 70.6 Å². The number of amides is 1. The minimum Gasteiger partial charge on any atom is -0.465 e. The highest BCUT2D eigenvalue weighted by Gasteiger charge is 2.55. The van der Waals surface area contributed by atoms with Crippen LogP contribution in [0.4, 0.5) is 5.69 Å². The van der Waals surface area contributed by atoms with Gasteiger partial charge in [-0.3, -0.25) is 18.8 Å². The Morgan fingerprint density at radius 3 is 2.75 bits per heavy atom. The maximum absolute atomic E-state index is 13.8. The van der Waals surface area contributed by atoms with Crippen molar-refractivity contribution in [3.05, 3.63) is 97.3 Å². The molecule has 0 aliphatic carbocycles. The smallest absolute Gasteiger partial charge is 0.270 e. The Bertz CT molecular complexity index is 1680. The molecular weight excluding hydrogens is 474 g/mol. The highest BCUT2D eigenvalue weighted by atomic mass is 32.1. The number of thiazole rings is 1. The minimum atomic E-state index is -1.18. The van der Waals surface area contributed by atoms with Crippen LogP contribution in [0.1, 0.15) is 36.7 Å². The quantitative estimate of drug-likeness (QED) is 0.468. The maximum atomic E-state index is 13.8. The molecule has 0 saturated carbocycles. The number of benzene rings is 2. The highest BCUT2D eigenvalue weighted by molar-refractivity contribution is 7.07. The Morgan fingerprint density at radius 2 is 1.97 bits per heavy atom. The first kappa shape index (κ1) is 22.5. The van der Waals surface area contributed by atoms with Crippen LogP contribution in [-0.2, 0) is 11.3 Å². The zero-order valence-corrected chi connectivity index (χ0v) is 21.0. The van der Waals surface area contributed by atoms with Gasteiger partial charge >= 0.3 is 0 Å². The van der Waals surface area contributed by atoms with Crippen molar-refractivity contribution in [3.8, 4) is 5.75 Å². The van der Waals surface area contributed by atoms with Gasteiger partial charge in [0, 0.05) is 24.0 Å². The third-order valence-corrected chi connectivity index (χ3v) is 7.81. The van der Waals surface area contributed by atoms with Gasteiger partial charge in [-0.1, -0.05) is 47.7 Å². The molecular formula is C27H25N5O3S. The van der Waals surface area contributed by atoms with Gasteiger partial charge in [0.2, 0.25) is 11.6 Å². The number of nitrogens with one attached hydrogen (secondary N) is 1. The van der Waals surface area contributed by atoms with Crippen LogP contribution in [0, 0.1) is 12.8 Å². The Labute approximate surface area is 211 Å². The minimum absolute atomic E-state index is 0.192. The van der Waals surface area contributed by atoms with Crippen molar-refractivity contribution in [1.82, 2.24) is 14.3 Å². The van der Waals surface area contributed by atoms with E-state index in [0.717, 1.165) is 23.4 Å². The zero-order valence-electron chi connectivity index (χ0n) is 20.1. The Kier molecular flexibility index (Phi) is 5.19. The molecule has 2 aromatic carbocycles. The lowest BCUT2D eigenvalue weighted by Gasteiger charge is -2.45. The number of nitrogens with zero attached hydrogens (tertiary/aromatic N) is 4. The molecule has 4 aromatic rings. The molecule has 8 nitrogen and oxygen atoms in total. The molecule has 3 atom stereocenters. The van der Waals surface area contributed by atoms with E-state index in [0.29, 0.717) is 20.8 Å². The van der Waals surface area contributed by atoms with Gasteiger partial charge in [0.25, 0.3) is 5.56 Å². The predicted octanol–water partition coefficient (Wildman–Crippen LogP) is 2.85. The molecule has 0 radical (unpaired) electrons. The van der Waals surface area contributed by atoms with E-state index in [2.05, 4.69) is 10.4 Å². The van der Waals surface area contributed by atoms with Crippen LogP contribution in [0.25, 0.3) is 6.08 Å². The average Bonchev–Trinajstić information content (AvgIpc) is 3.43. The fourth-order valence-electron chi connectivity index (χ4n) is 5.03. The number of hydrogen-bond donors (Lipinski definition) is 1. The van der Waals surface area contributed by atoms with E-state index in [1.807, 2.05) is 86.2 Å². The summed E-state index contributed by atoms with van der Waals surface area (Å²) >= 11 is 1.29. The molecule has 1 N–H and O–H groups in total. The van der Waals surface area contributed by atoms with E-state index < -0.39 is 17.7 Å². The number of anilines is 1. The Balaban J connectivity index is 1.53. The molecule has 182 valence electrons. The number of para-hydroxylation sites is 2. The molecule has 2 aliphatic rings. The van der Waals surface area contributed by atoms with E-state index in [4.69, 9.17) is 9.73 Å². The van der Waals surface area contributed by atoms with Gasteiger partial charge in [-0.25, -0.2) is 4.99 Å². The van der Waals surface area contributed by atoms with Crippen LogP contribution in [0.2, 0.25) is 0 Å². The van der Waals surface area contributed by atoms with Crippen molar-refractivity contribution in [2.75, 3.05) is 5.32 Å². The molecule has 0 spiro atoms. The lowest BCUT2D eigenvalue weighted by atomic mass is 9.80. The summed E-state index contributed by atoms with van der Waals surface area (Å²) in [5.41, 5.74) is 1.80. The van der Waals surface area contributed by atoms with Gasteiger partial charge in [0.05, 0.1) is 16.3 Å². The zero-order chi connectivity index (χ0) is 25.0. The lowest BCUT2D eigenvalue weighted by Crippen LogP contribution is -2.59. The molecule has 36 heavy (non-hydrogen) atoms. The van der Waals surface area contributed by atoms with Crippen molar-refractivity contribution in [3.63, 3.8) is 0 Å². The number of carbonyl (C=O) groups is 1. The first-order chi connectivity index (χ1) is 17.4. The number of rotatable bonds is 4. The number of fused-ring (bicyclic) bond motifs is 6. The first-order valence-electron chi connectivity index (χ1n) is 11.9. The number of ether oxygens (including phenoxy) is 1. The normalized spacial score (nSPS) is 22.2. The second-order valence-electron chi connectivity index (χ2n) is 9.20. The maximum Gasteiger partial charge on any atom is 0.270 e. The van der Waals surface area contributed by atoms with Crippen molar-refractivity contribution in [2.45, 2.75) is 39.1 Å². The molecule has 6 rings (SSSR count). The van der Waals surface area contributed by atoms with Crippen molar-refractivity contribution < 1.29 is 9.53 Å². The first-order valence-corrected chi connectivity index (χ1v) is 12.7. The highest BCUT2D eigenvalue weighted by Crippen LogP contribution is 2.47. The van der Waals surface area contributed by atoms with Gasteiger partial charge in [0.1, 0.15) is 11.7 Å². The van der Waals surface area contributed by atoms with Crippen LogP contribution < -0.4 is 24.9 Å². The number of hydrogen-bond acceptors (Lipinski definition) is 6. The van der Waals surface area contributed by atoms with Gasteiger partial charge in [0.15, 0.2) is 4.80 Å². The van der Waals surface area contributed by atoms with Crippen molar-refractivity contribution in [2.24, 2.45) is 10.9 Å². The van der Waals surface area contributed by atoms with Crippen LogP contribution in [0.3, 0.4) is 0 Å². The standard InChI is InChI=1S/C27H25N5O3S/c1-4-31-14-13-17(30-31)15-21-25(34)32-23-18-10-6-8-12-20(18)35-27(3,29-26(32)36-21)22(23)24(33)28-19-11-7-5-9-16(19)2/h5-15,22-23H,4H2,1-3H3,(H,28,33)/b21-15+/t22-,23+,27-/m1/s1. The monoisotopic (exact) mass is 499 g/mol. The third kappa shape index (κ3) is 3.50. The van der Waals surface area contributed by atoms with E-state index in [-0.39, 0.29) is 11.5 Å². The van der Waals surface area contributed by atoms with E-state index in [1.54, 1.807) is 10.6 Å². The summed E-state index contributed by atoms with van der Waals surface area (Å²) in [5.74, 6) is -0.366. The summed E-state index contributed by atoms with van der Waals surface area (Å²) in [6.07, 6.45) is 3.66. The second kappa shape index (κ2) is 8.30. The Hall–Kier alpha value is -3.98. The fourth-order valence-corrected chi connectivity index (χ4v) is 6.12. The molecule has 2 bridgehead atoms. The topological polar surface area (TPSA) is 90.5 Å². The third-order valence-electron chi connectivity index (χ3n) is 6.83. The molecule has 0 saturated heterocycles. The van der Waals surface area contributed by atoms with Gasteiger partial charge in [-0.15, -0.1) is 0 Å². The van der Waals surface area contributed by atoms with Crippen LogP contribution in [0.5, 0.6) is 5.75 Å². The second-order valence-corrected chi connectivity index (χ2v) is 10.2. The molecule has 1 amide bonds. The van der Waals surface area contributed by atoms with Crippen LogP contribution >= 0.6 is 11.3 Å². The van der Waals surface area contributed by atoms with E-state index >= 15 is 0 Å². The number of carbonyl (C=O) groups excluding carboxylic acids is 1. The fraction of sp³-hybridized carbons (Fsp3) is 0.259. The van der Waals surface area contributed by atoms with E-state index in [1.165, 1.54) is 11.3 Å². The average molecular weight is 500 g/mol. The number of aromatic nitrogens is 3. The van der Waals surface area contributed by atoms with Gasteiger partial charge in [-0.2, -0.15) is 5.10 Å². The van der Waals surface area contributed by atoms with Crippen molar-refractivity contribution >= 4 is 29.0 Å². The Morgan fingerprint density at radius 1 is 1.19 bits per heavy atom. The van der Waals surface area contributed by atoms with Gasteiger partial charge in [-0.05, 0) is 50.6 Å². The number of aryl methyl sites for hydroxylation is 2. The summed E-state index contributed by atoms with van der Waals surface area (Å²) in [6, 6.07) is 16.5. The largest absolute Gasteiger partial charge is 0.465 e. The predicted molar refractivity (Wildman–Crippen MR) is 138 cm³/mol. The lowest BCUT2D eigenvalue weighted by molar-refractivity contribution is -0.131. The summed E-state index contributed by atoms with van der Waals surface area (Å²) in [5, 5.41) is 7.55.